The largest absolute Gasteiger partial charge is 0.493 e. The zero-order chi connectivity index (χ0) is 22.0. The number of aromatic amines is 1. The lowest BCUT2D eigenvalue weighted by molar-refractivity contribution is -0.132. The van der Waals surface area contributed by atoms with E-state index >= 15 is 0 Å². The number of hydrogen-bond donors (Lipinski definition) is 1. The lowest BCUT2D eigenvalue weighted by Gasteiger charge is -2.27. The molecule has 31 heavy (non-hydrogen) atoms. The van der Waals surface area contributed by atoms with Gasteiger partial charge in [-0.05, 0) is 42.3 Å². The summed E-state index contributed by atoms with van der Waals surface area (Å²) >= 11 is 0. The molecule has 3 aromatic rings. The summed E-state index contributed by atoms with van der Waals surface area (Å²) in [6.07, 6.45) is 1.81. The number of methoxy groups -OCH3 is 3. The summed E-state index contributed by atoms with van der Waals surface area (Å²) in [6, 6.07) is 11.2. The second-order valence-electron chi connectivity index (χ2n) is 7.59. The van der Waals surface area contributed by atoms with E-state index in [0.717, 1.165) is 34.1 Å². The van der Waals surface area contributed by atoms with Crippen LogP contribution >= 0.6 is 0 Å². The number of carbonyl (C=O) groups excluding carboxylic acids is 2. The van der Waals surface area contributed by atoms with Crippen LogP contribution in [0, 0.1) is 0 Å². The third-order valence-electron chi connectivity index (χ3n) is 5.82. The van der Waals surface area contributed by atoms with Crippen LogP contribution in [-0.4, -0.2) is 49.6 Å². The fraction of sp³-hybridized carbons (Fsp3) is 0.333. The van der Waals surface area contributed by atoms with Gasteiger partial charge in [0.2, 0.25) is 5.91 Å². The number of amides is 1. The van der Waals surface area contributed by atoms with Gasteiger partial charge in [0.15, 0.2) is 11.5 Å². The van der Waals surface area contributed by atoms with E-state index in [-0.39, 0.29) is 11.9 Å². The Hall–Kier alpha value is -3.48. The van der Waals surface area contributed by atoms with Crippen molar-refractivity contribution in [3.8, 4) is 11.5 Å². The number of carbonyl (C=O) groups is 2. The Morgan fingerprint density at radius 1 is 1.03 bits per heavy atom. The summed E-state index contributed by atoms with van der Waals surface area (Å²) in [5.41, 5.74) is 4.71. The number of hydrogen-bond acceptors (Lipinski definition) is 5. The predicted octanol–water partition coefficient (Wildman–Crippen LogP) is 3.49. The molecule has 2 heterocycles. The lowest BCUT2D eigenvalue weighted by Crippen LogP contribution is -2.35. The molecule has 0 spiro atoms. The zero-order valence-corrected chi connectivity index (χ0v) is 18.0. The van der Waals surface area contributed by atoms with Crippen molar-refractivity contribution >= 4 is 22.8 Å². The molecule has 7 heteroatoms. The average molecular weight is 422 g/mol. The minimum absolute atomic E-state index is 0.110. The van der Waals surface area contributed by atoms with Gasteiger partial charge in [0.25, 0.3) is 0 Å². The Bertz CT molecular complexity index is 1130. The Morgan fingerprint density at radius 3 is 2.58 bits per heavy atom. The molecule has 0 saturated heterocycles. The second-order valence-corrected chi connectivity index (χ2v) is 7.59. The molecule has 4 rings (SSSR count). The minimum atomic E-state index is -0.365. The average Bonchev–Trinajstić information content (AvgIpc) is 3.18. The van der Waals surface area contributed by atoms with E-state index in [0.29, 0.717) is 43.0 Å². The SMILES string of the molecule is COC(=O)c1ccc2[nH]c3c(c2c1)CN(C(=O)CCc1ccc(OC)c(OC)c1)CC3. The molecule has 0 unspecified atom stereocenters. The number of H-pyrrole nitrogens is 1. The predicted molar refractivity (Wildman–Crippen MR) is 117 cm³/mol. The first-order chi connectivity index (χ1) is 15.0. The summed E-state index contributed by atoms with van der Waals surface area (Å²) < 4.78 is 15.5. The molecule has 0 radical (unpaired) electrons. The molecule has 1 amide bonds. The van der Waals surface area contributed by atoms with E-state index in [4.69, 9.17) is 14.2 Å². The van der Waals surface area contributed by atoms with Crippen molar-refractivity contribution in [2.45, 2.75) is 25.8 Å². The molecule has 162 valence electrons. The van der Waals surface area contributed by atoms with Crippen molar-refractivity contribution in [3.05, 3.63) is 58.8 Å². The molecule has 0 bridgehead atoms. The fourth-order valence-electron chi connectivity index (χ4n) is 4.12. The number of aryl methyl sites for hydroxylation is 1. The zero-order valence-electron chi connectivity index (χ0n) is 18.0. The van der Waals surface area contributed by atoms with Gasteiger partial charge in [0, 0.05) is 48.1 Å². The van der Waals surface area contributed by atoms with Crippen molar-refractivity contribution < 1.29 is 23.8 Å². The quantitative estimate of drug-likeness (QED) is 0.615. The minimum Gasteiger partial charge on any atom is -0.493 e. The molecular weight excluding hydrogens is 396 g/mol. The van der Waals surface area contributed by atoms with E-state index in [1.165, 1.54) is 7.11 Å². The normalized spacial score (nSPS) is 13.1. The maximum atomic E-state index is 12.9. The van der Waals surface area contributed by atoms with Crippen LogP contribution in [-0.2, 0) is 28.9 Å². The van der Waals surface area contributed by atoms with Crippen molar-refractivity contribution in [2.75, 3.05) is 27.9 Å². The molecule has 7 nitrogen and oxygen atoms in total. The summed E-state index contributed by atoms with van der Waals surface area (Å²) in [5.74, 6) is 1.08. The number of benzene rings is 2. The Morgan fingerprint density at radius 2 is 1.84 bits per heavy atom. The maximum absolute atomic E-state index is 12.9. The first-order valence-corrected chi connectivity index (χ1v) is 10.2. The van der Waals surface area contributed by atoms with Crippen LogP contribution in [0.5, 0.6) is 11.5 Å². The lowest BCUT2D eigenvalue weighted by atomic mass is 10.0. The molecule has 1 aliphatic heterocycles. The summed E-state index contributed by atoms with van der Waals surface area (Å²) in [7, 11) is 4.58. The van der Waals surface area contributed by atoms with Crippen molar-refractivity contribution in [1.82, 2.24) is 9.88 Å². The first-order valence-electron chi connectivity index (χ1n) is 10.2. The molecule has 0 fully saturated rings. The smallest absolute Gasteiger partial charge is 0.337 e. The number of nitrogens with one attached hydrogen (secondary N) is 1. The Balaban J connectivity index is 1.48. The number of aromatic nitrogens is 1. The van der Waals surface area contributed by atoms with Crippen molar-refractivity contribution in [1.29, 1.82) is 0 Å². The number of esters is 1. The van der Waals surface area contributed by atoms with E-state index < -0.39 is 0 Å². The van der Waals surface area contributed by atoms with Crippen molar-refractivity contribution in [2.24, 2.45) is 0 Å². The van der Waals surface area contributed by atoms with E-state index in [1.807, 2.05) is 35.2 Å². The summed E-state index contributed by atoms with van der Waals surface area (Å²) in [4.78, 5) is 30.2. The van der Waals surface area contributed by atoms with Crippen LogP contribution in [0.1, 0.15) is 33.6 Å². The van der Waals surface area contributed by atoms with E-state index in [9.17, 15) is 9.59 Å². The standard InChI is InChI=1S/C24H26N2O5/c1-29-21-8-4-15(12-22(21)30-2)5-9-23(27)26-11-10-20-18(14-26)17-13-16(24(28)31-3)6-7-19(17)25-20/h4,6-8,12-13,25H,5,9-11,14H2,1-3H3. The number of fused-ring (bicyclic) bond motifs is 3. The molecule has 0 saturated carbocycles. The van der Waals surface area contributed by atoms with Gasteiger partial charge in [-0.25, -0.2) is 4.79 Å². The first kappa shape index (κ1) is 20.8. The molecule has 0 aliphatic carbocycles. The van der Waals surface area contributed by atoms with Gasteiger partial charge in [-0.1, -0.05) is 6.07 Å². The van der Waals surface area contributed by atoms with Gasteiger partial charge in [0.05, 0.1) is 26.9 Å². The number of nitrogens with zero attached hydrogens (tertiary/aromatic N) is 1. The molecule has 1 aromatic heterocycles. The molecule has 0 atom stereocenters. The van der Waals surface area contributed by atoms with Gasteiger partial charge in [-0.3, -0.25) is 4.79 Å². The van der Waals surface area contributed by atoms with E-state index in [2.05, 4.69) is 4.98 Å². The van der Waals surface area contributed by atoms with Gasteiger partial charge in [-0.2, -0.15) is 0 Å². The topological polar surface area (TPSA) is 80.9 Å². The van der Waals surface area contributed by atoms with Crippen LogP contribution in [0.3, 0.4) is 0 Å². The van der Waals surface area contributed by atoms with Gasteiger partial charge >= 0.3 is 5.97 Å². The second kappa shape index (κ2) is 8.71. The number of ether oxygens (including phenoxy) is 3. The van der Waals surface area contributed by atoms with E-state index in [1.54, 1.807) is 20.3 Å². The van der Waals surface area contributed by atoms with Gasteiger partial charge in [-0.15, -0.1) is 0 Å². The third kappa shape index (κ3) is 4.08. The van der Waals surface area contributed by atoms with Crippen molar-refractivity contribution in [3.63, 3.8) is 0 Å². The fourth-order valence-corrected chi connectivity index (χ4v) is 4.12. The van der Waals surface area contributed by atoms with Gasteiger partial charge in [0.1, 0.15) is 0 Å². The van der Waals surface area contributed by atoms with Crippen LogP contribution in [0.25, 0.3) is 10.9 Å². The third-order valence-corrected chi connectivity index (χ3v) is 5.82. The van der Waals surface area contributed by atoms with Crippen LogP contribution in [0.2, 0.25) is 0 Å². The van der Waals surface area contributed by atoms with Crippen LogP contribution in [0.15, 0.2) is 36.4 Å². The monoisotopic (exact) mass is 422 g/mol. The van der Waals surface area contributed by atoms with Crippen LogP contribution < -0.4 is 9.47 Å². The summed E-state index contributed by atoms with van der Waals surface area (Å²) in [5, 5.41) is 0.968. The highest BCUT2D eigenvalue weighted by atomic mass is 16.5. The molecular formula is C24H26N2O5. The molecule has 1 N–H and O–H groups in total. The highest BCUT2D eigenvalue weighted by molar-refractivity contribution is 5.96. The Kier molecular flexibility index (Phi) is 5.84. The van der Waals surface area contributed by atoms with Gasteiger partial charge < -0.3 is 24.1 Å². The summed E-state index contributed by atoms with van der Waals surface area (Å²) in [6.45, 7) is 1.21. The maximum Gasteiger partial charge on any atom is 0.337 e. The Labute approximate surface area is 180 Å². The van der Waals surface area contributed by atoms with Crippen LogP contribution in [0.4, 0.5) is 0 Å². The highest BCUT2D eigenvalue weighted by Crippen LogP contribution is 2.30. The molecule has 1 aliphatic rings. The molecule has 2 aromatic carbocycles. The highest BCUT2D eigenvalue weighted by Gasteiger charge is 2.24. The number of rotatable bonds is 6.